The third-order valence-electron chi connectivity index (χ3n) is 6.06. The number of nitrogens with zero attached hydrogens (tertiary/aromatic N) is 5. The van der Waals surface area contributed by atoms with Crippen LogP contribution < -0.4 is 0 Å². The van der Waals surface area contributed by atoms with Gasteiger partial charge in [-0.2, -0.15) is 5.10 Å². The van der Waals surface area contributed by atoms with Gasteiger partial charge in [0.15, 0.2) is 5.60 Å². The molecule has 1 saturated carbocycles. The van der Waals surface area contributed by atoms with Crippen molar-refractivity contribution in [3.05, 3.63) is 18.0 Å². The third-order valence-corrected chi connectivity index (χ3v) is 6.06. The van der Waals surface area contributed by atoms with Gasteiger partial charge in [-0.3, -0.25) is 19.3 Å². The molecule has 0 radical (unpaired) electrons. The zero-order chi connectivity index (χ0) is 17.2. The molecular weight excluding hydrogens is 322 g/mol. The number of carbonyl (C=O) groups is 2. The van der Waals surface area contributed by atoms with Gasteiger partial charge in [-0.1, -0.05) is 0 Å². The summed E-state index contributed by atoms with van der Waals surface area (Å²) in [4.78, 5) is 30.6. The number of amides is 2. The largest absolute Gasteiger partial charge is 0.437 e. The molecule has 8 nitrogen and oxygen atoms in total. The zero-order valence-corrected chi connectivity index (χ0v) is 14.4. The Kier molecular flexibility index (Phi) is 3.16. The predicted molar refractivity (Wildman–Crippen MR) is 87.5 cm³/mol. The van der Waals surface area contributed by atoms with Crippen molar-refractivity contribution in [2.24, 2.45) is 13.0 Å². The van der Waals surface area contributed by atoms with E-state index >= 15 is 0 Å². The van der Waals surface area contributed by atoms with Gasteiger partial charge in [0.25, 0.3) is 0 Å². The van der Waals surface area contributed by atoms with E-state index in [9.17, 15) is 9.59 Å². The number of ether oxygens (including phenoxy) is 1. The summed E-state index contributed by atoms with van der Waals surface area (Å²) in [6, 6.07) is 2.06. The molecule has 4 heterocycles. The molecule has 3 aliphatic heterocycles. The molecule has 1 aromatic heterocycles. The number of aryl methyl sites for hydroxylation is 1. The monoisotopic (exact) mass is 345 g/mol. The van der Waals surface area contributed by atoms with Crippen LogP contribution in [-0.2, 0) is 23.1 Å². The summed E-state index contributed by atoms with van der Waals surface area (Å²) >= 11 is 0. The molecule has 134 valence electrons. The molecule has 1 aliphatic carbocycles. The van der Waals surface area contributed by atoms with Crippen molar-refractivity contribution in [3.8, 4) is 0 Å². The van der Waals surface area contributed by atoms with Gasteiger partial charge in [0.2, 0.25) is 5.91 Å². The van der Waals surface area contributed by atoms with E-state index in [4.69, 9.17) is 4.74 Å². The molecule has 1 atom stereocenters. The Bertz CT molecular complexity index is 722. The highest BCUT2D eigenvalue weighted by Gasteiger charge is 2.63. The smallest absolute Gasteiger partial charge is 0.411 e. The van der Waals surface area contributed by atoms with Crippen LogP contribution in [0.25, 0.3) is 0 Å². The molecule has 3 saturated heterocycles. The van der Waals surface area contributed by atoms with Gasteiger partial charge in [0.1, 0.15) is 0 Å². The lowest BCUT2D eigenvalue weighted by Crippen LogP contribution is -2.72. The van der Waals surface area contributed by atoms with Crippen molar-refractivity contribution < 1.29 is 14.3 Å². The maximum absolute atomic E-state index is 12.3. The second-order valence-corrected chi connectivity index (χ2v) is 7.79. The first-order chi connectivity index (χ1) is 12.1. The van der Waals surface area contributed by atoms with E-state index in [1.165, 1.54) is 0 Å². The summed E-state index contributed by atoms with van der Waals surface area (Å²) in [6.45, 7) is 4.21. The molecule has 8 heteroatoms. The highest BCUT2D eigenvalue weighted by atomic mass is 16.6. The van der Waals surface area contributed by atoms with Crippen LogP contribution in [0, 0.1) is 5.92 Å². The SMILES string of the molecule is Cn1nccc1CN1CCN2C(=O)OC3(CN(C(=O)C4CC4)C3)C2C1. The molecule has 5 rings (SSSR count). The van der Waals surface area contributed by atoms with Crippen molar-refractivity contribution in [1.82, 2.24) is 24.5 Å². The van der Waals surface area contributed by atoms with E-state index in [2.05, 4.69) is 10.00 Å². The van der Waals surface area contributed by atoms with Gasteiger partial charge < -0.3 is 9.64 Å². The van der Waals surface area contributed by atoms with Crippen LogP contribution in [0.3, 0.4) is 0 Å². The molecular formula is C17H23N5O3. The second-order valence-electron chi connectivity index (χ2n) is 7.79. The van der Waals surface area contributed by atoms with Gasteiger partial charge in [0, 0.05) is 45.3 Å². The van der Waals surface area contributed by atoms with Crippen molar-refractivity contribution in [3.63, 3.8) is 0 Å². The molecule has 4 aliphatic rings. The lowest BCUT2D eigenvalue weighted by Gasteiger charge is -2.51. The lowest BCUT2D eigenvalue weighted by atomic mass is 9.84. The fraction of sp³-hybridized carbons (Fsp3) is 0.706. The number of aromatic nitrogens is 2. The Hall–Kier alpha value is -2.09. The lowest BCUT2D eigenvalue weighted by molar-refractivity contribution is -0.157. The average Bonchev–Trinajstić information content (AvgIpc) is 3.28. The highest BCUT2D eigenvalue weighted by Crippen LogP contribution is 2.42. The van der Waals surface area contributed by atoms with E-state index in [1.54, 1.807) is 0 Å². The van der Waals surface area contributed by atoms with Crippen molar-refractivity contribution in [2.45, 2.75) is 31.0 Å². The topological polar surface area (TPSA) is 70.9 Å². The summed E-state index contributed by atoms with van der Waals surface area (Å²) in [5.74, 6) is 0.459. The van der Waals surface area contributed by atoms with Crippen molar-refractivity contribution in [1.29, 1.82) is 0 Å². The van der Waals surface area contributed by atoms with E-state index in [-0.39, 0.29) is 24.0 Å². The Labute approximate surface area is 146 Å². The van der Waals surface area contributed by atoms with Crippen LogP contribution >= 0.6 is 0 Å². The van der Waals surface area contributed by atoms with Gasteiger partial charge in [-0.05, 0) is 18.9 Å². The zero-order valence-electron chi connectivity index (χ0n) is 14.4. The molecule has 1 aromatic rings. The van der Waals surface area contributed by atoms with Gasteiger partial charge in [0.05, 0.1) is 24.8 Å². The Balaban J connectivity index is 1.29. The van der Waals surface area contributed by atoms with Crippen LogP contribution in [0.5, 0.6) is 0 Å². The normalized spacial score (nSPS) is 28.0. The maximum Gasteiger partial charge on any atom is 0.411 e. The molecule has 4 fully saturated rings. The average molecular weight is 345 g/mol. The van der Waals surface area contributed by atoms with Crippen LogP contribution in [-0.4, -0.2) is 80.8 Å². The summed E-state index contributed by atoms with van der Waals surface area (Å²) in [7, 11) is 1.95. The van der Waals surface area contributed by atoms with Crippen LogP contribution in [0.15, 0.2) is 12.3 Å². The summed E-state index contributed by atoms with van der Waals surface area (Å²) in [5.41, 5.74) is 0.652. The molecule has 1 spiro atoms. The molecule has 1 unspecified atom stereocenters. The third kappa shape index (κ3) is 2.34. The van der Waals surface area contributed by atoms with E-state index < -0.39 is 5.60 Å². The Morgan fingerprint density at radius 3 is 2.84 bits per heavy atom. The van der Waals surface area contributed by atoms with E-state index in [1.807, 2.05) is 33.8 Å². The minimum absolute atomic E-state index is 0.0326. The number of carbonyl (C=O) groups excluding carboxylic acids is 2. The van der Waals surface area contributed by atoms with Crippen LogP contribution in [0.4, 0.5) is 4.79 Å². The number of hydrogen-bond acceptors (Lipinski definition) is 5. The highest BCUT2D eigenvalue weighted by molar-refractivity contribution is 5.83. The fourth-order valence-electron chi connectivity index (χ4n) is 4.36. The van der Waals surface area contributed by atoms with Gasteiger partial charge >= 0.3 is 6.09 Å². The first kappa shape index (κ1) is 15.2. The predicted octanol–water partition coefficient (Wildman–Crippen LogP) is 0.0475. The number of likely N-dealkylation sites (tertiary alicyclic amines) is 1. The molecule has 2 amide bonds. The quantitative estimate of drug-likeness (QED) is 0.774. The maximum atomic E-state index is 12.3. The van der Waals surface area contributed by atoms with Crippen LogP contribution in [0.2, 0.25) is 0 Å². The minimum Gasteiger partial charge on any atom is -0.437 e. The standard InChI is InChI=1S/C17H23N5O3/c1-19-13(4-5-18-19)8-20-6-7-22-14(9-20)17(25-16(22)24)10-21(11-17)15(23)12-2-3-12/h4-5,12,14H,2-3,6-11H2,1H3. The molecule has 0 bridgehead atoms. The Morgan fingerprint density at radius 2 is 2.16 bits per heavy atom. The fourth-order valence-corrected chi connectivity index (χ4v) is 4.36. The van der Waals surface area contributed by atoms with Crippen LogP contribution in [0.1, 0.15) is 18.5 Å². The molecule has 0 N–H and O–H groups in total. The first-order valence-electron chi connectivity index (χ1n) is 9.03. The van der Waals surface area contributed by atoms with E-state index in [0.29, 0.717) is 19.6 Å². The van der Waals surface area contributed by atoms with Crippen molar-refractivity contribution >= 4 is 12.0 Å². The van der Waals surface area contributed by atoms with Crippen molar-refractivity contribution in [2.75, 3.05) is 32.7 Å². The number of rotatable bonds is 3. The number of piperazine rings is 1. The first-order valence-corrected chi connectivity index (χ1v) is 9.03. The van der Waals surface area contributed by atoms with E-state index in [0.717, 1.165) is 38.2 Å². The second kappa shape index (κ2) is 5.20. The molecule has 25 heavy (non-hydrogen) atoms. The minimum atomic E-state index is -0.507. The summed E-state index contributed by atoms with van der Waals surface area (Å²) in [5, 5.41) is 4.22. The summed E-state index contributed by atoms with van der Waals surface area (Å²) < 4.78 is 7.66. The van der Waals surface area contributed by atoms with Gasteiger partial charge in [-0.25, -0.2) is 4.79 Å². The molecule has 0 aromatic carbocycles. The number of hydrogen-bond donors (Lipinski definition) is 0. The van der Waals surface area contributed by atoms with Gasteiger partial charge in [-0.15, -0.1) is 0 Å². The summed E-state index contributed by atoms with van der Waals surface area (Å²) in [6.07, 6.45) is 3.61. The Morgan fingerprint density at radius 1 is 1.36 bits per heavy atom. The number of fused-ring (bicyclic) bond motifs is 2.